The van der Waals surface area contributed by atoms with Crippen LogP contribution >= 0.6 is 11.6 Å². The standard InChI is InChI=1S/C22H24ClNO2/c23-20-8-4-3-7-19(20)22(26)11-13-24(14-12-22)15-17-10-9-16-5-1-2-6-18(16)21(17)25/h1-8,17,26H,9-15H2. The number of carbonyl (C=O) groups is 1. The Morgan fingerprint density at radius 2 is 1.77 bits per heavy atom. The molecule has 136 valence electrons. The molecule has 0 saturated carbocycles. The topological polar surface area (TPSA) is 40.5 Å². The predicted octanol–water partition coefficient (Wildman–Crippen LogP) is 4.07. The number of benzene rings is 2. The summed E-state index contributed by atoms with van der Waals surface area (Å²) < 4.78 is 0. The number of nitrogens with zero attached hydrogens (tertiary/aromatic N) is 1. The number of Topliss-reactive ketones (excluding diaryl/α,β-unsaturated/α-hetero) is 1. The van der Waals surface area contributed by atoms with E-state index in [1.165, 1.54) is 5.56 Å². The number of hydrogen-bond donors (Lipinski definition) is 1. The lowest BCUT2D eigenvalue weighted by molar-refractivity contribution is -0.0282. The number of carbonyl (C=O) groups excluding carboxylic acids is 1. The third-order valence-electron chi connectivity index (χ3n) is 5.95. The minimum Gasteiger partial charge on any atom is -0.385 e. The van der Waals surface area contributed by atoms with Gasteiger partial charge in [-0.3, -0.25) is 4.79 Å². The number of aryl methyl sites for hydroxylation is 1. The largest absolute Gasteiger partial charge is 0.385 e. The third kappa shape index (κ3) is 3.32. The van der Waals surface area contributed by atoms with Crippen LogP contribution in [0, 0.1) is 5.92 Å². The van der Waals surface area contributed by atoms with Crippen molar-refractivity contribution in [3.63, 3.8) is 0 Å². The van der Waals surface area contributed by atoms with Crippen LogP contribution < -0.4 is 0 Å². The average molecular weight is 370 g/mol. The number of rotatable bonds is 3. The predicted molar refractivity (Wildman–Crippen MR) is 104 cm³/mol. The monoisotopic (exact) mass is 369 g/mol. The van der Waals surface area contributed by atoms with Gasteiger partial charge in [0.1, 0.15) is 0 Å². The molecule has 0 radical (unpaired) electrons. The van der Waals surface area contributed by atoms with Gasteiger partial charge in [-0.15, -0.1) is 0 Å². The van der Waals surface area contributed by atoms with Crippen molar-refractivity contribution < 1.29 is 9.90 Å². The van der Waals surface area contributed by atoms with Crippen molar-refractivity contribution in [1.29, 1.82) is 0 Å². The van der Waals surface area contributed by atoms with Crippen LogP contribution in [0.2, 0.25) is 5.02 Å². The van der Waals surface area contributed by atoms with Crippen molar-refractivity contribution in [2.45, 2.75) is 31.3 Å². The van der Waals surface area contributed by atoms with Crippen LogP contribution in [0.1, 0.15) is 40.7 Å². The summed E-state index contributed by atoms with van der Waals surface area (Å²) in [5.74, 6) is 0.343. The zero-order chi connectivity index (χ0) is 18.1. The van der Waals surface area contributed by atoms with Crippen molar-refractivity contribution in [3.05, 3.63) is 70.2 Å². The molecule has 1 unspecified atom stereocenters. The Bertz CT molecular complexity index is 811. The Balaban J connectivity index is 1.40. The highest BCUT2D eigenvalue weighted by Gasteiger charge is 2.37. The Labute approximate surface area is 159 Å². The van der Waals surface area contributed by atoms with Crippen molar-refractivity contribution in [2.24, 2.45) is 5.92 Å². The van der Waals surface area contributed by atoms with Gasteiger partial charge in [0.05, 0.1) is 5.60 Å². The first-order valence-corrected chi connectivity index (χ1v) is 9.76. The van der Waals surface area contributed by atoms with Gasteiger partial charge in [0.15, 0.2) is 5.78 Å². The van der Waals surface area contributed by atoms with Gasteiger partial charge in [0.2, 0.25) is 0 Å². The molecule has 1 heterocycles. The minimum atomic E-state index is -0.863. The van der Waals surface area contributed by atoms with Crippen LogP contribution in [-0.4, -0.2) is 35.4 Å². The molecule has 1 N–H and O–H groups in total. The fourth-order valence-corrected chi connectivity index (χ4v) is 4.67. The van der Waals surface area contributed by atoms with E-state index in [1.807, 2.05) is 42.5 Å². The summed E-state index contributed by atoms with van der Waals surface area (Å²) in [6, 6.07) is 15.5. The molecule has 2 aliphatic rings. The molecule has 2 aromatic carbocycles. The highest BCUT2D eigenvalue weighted by atomic mass is 35.5. The van der Waals surface area contributed by atoms with Crippen LogP contribution in [0.4, 0.5) is 0 Å². The molecule has 2 aromatic rings. The van der Waals surface area contributed by atoms with Crippen LogP contribution in [0.5, 0.6) is 0 Å². The summed E-state index contributed by atoms with van der Waals surface area (Å²) in [4.78, 5) is 15.1. The van der Waals surface area contributed by atoms with Crippen molar-refractivity contribution in [2.75, 3.05) is 19.6 Å². The van der Waals surface area contributed by atoms with Gasteiger partial charge < -0.3 is 10.0 Å². The van der Waals surface area contributed by atoms with Gasteiger partial charge in [-0.2, -0.15) is 0 Å². The molecular weight excluding hydrogens is 346 g/mol. The molecule has 1 atom stereocenters. The number of halogens is 1. The van der Waals surface area contributed by atoms with Gasteiger partial charge in [0.25, 0.3) is 0 Å². The number of likely N-dealkylation sites (tertiary alicyclic amines) is 1. The Morgan fingerprint density at radius 3 is 2.54 bits per heavy atom. The zero-order valence-corrected chi connectivity index (χ0v) is 15.6. The number of hydrogen-bond acceptors (Lipinski definition) is 3. The molecule has 1 fully saturated rings. The van der Waals surface area contributed by atoms with Crippen molar-refractivity contribution in [3.8, 4) is 0 Å². The highest BCUT2D eigenvalue weighted by Crippen LogP contribution is 2.37. The lowest BCUT2D eigenvalue weighted by atomic mass is 9.81. The summed E-state index contributed by atoms with van der Waals surface area (Å²) in [7, 11) is 0. The second-order valence-electron chi connectivity index (χ2n) is 7.57. The van der Waals surface area contributed by atoms with E-state index in [1.54, 1.807) is 0 Å². The van der Waals surface area contributed by atoms with Crippen LogP contribution in [0.3, 0.4) is 0 Å². The molecule has 1 aliphatic carbocycles. The van der Waals surface area contributed by atoms with Crippen molar-refractivity contribution >= 4 is 17.4 Å². The van der Waals surface area contributed by atoms with Gasteiger partial charge in [-0.25, -0.2) is 0 Å². The maximum Gasteiger partial charge on any atom is 0.167 e. The Kier molecular flexibility index (Phi) is 4.87. The number of ketones is 1. The molecule has 4 rings (SSSR count). The van der Waals surface area contributed by atoms with Crippen LogP contribution in [0.25, 0.3) is 0 Å². The first kappa shape index (κ1) is 17.7. The summed E-state index contributed by atoms with van der Waals surface area (Å²) in [6.07, 6.45) is 3.19. The summed E-state index contributed by atoms with van der Waals surface area (Å²) in [5.41, 5.74) is 2.04. The van der Waals surface area contributed by atoms with Crippen LogP contribution in [0.15, 0.2) is 48.5 Å². The first-order chi connectivity index (χ1) is 12.6. The van der Waals surface area contributed by atoms with E-state index >= 15 is 0 Å². The quantitative estimate of drug-likeness (QED) is 0.886. The molecule has 0 amide bonds. The molecule has 0 spiro atoms. The molecule has 4 heteroatoms. The second kappa shape index (κ2) is 7.15. The van der Waals surface area contributed by atoms with Crippen molar-refractivity contribution in [1.82, 2.24) is 4.90 Å². The number of piperidine rings is 1. The number of aliphatic hydroxyl groups is 1. The maximum absolute atomic E-state index is 12.8. The van der Waals surface area contributed by atoms with E-state index < -0.39 is 5.60 Å². The maximum atomic E-state index is 12.8. The molecule has 3 nitrogen and oxygen atoms in total. The molecule has 26 heavy (non-hydrogen) atoms. The molecular formula is C22H24ClNO2. The van der Waals surface area contributed by atoms with E-state index in [-0.39, 0.29) is 11.7 Å². The lowest BCUT2D eigenvalue weighted by Gasteiger charge is -2.40. The lowest BCUT2D eigenvalue weighted by Crippen LogP contribution is -2.45. The highest BCUT2D eigenvalue weighted by molar-refractivity contribution is 6.31. The van der Waals surface area contributed by atoms with Crippen LogP contribution in [-0.2, 0) is 12.0 Å². The average Bonchev–Trinajstić information content (AvgIpc) is 2.66. The third-order valence-corrected chi connectivity index (χ3v) is 6.28. The zero-order valence-electron chi connectivity index (χ0n) is 14.8. The minimum absolute atomic E-state index is 0.0661. The summed E-state index contributed by atoms with van der Waals surface area (Å²) >= 11 is 6.29. The fraction of sp³-hybridized carbons (Fsp3) is 0.409. The van der Waals surface area contributed by atoms with Gasteiger partial charge >= 0.3 is 0 Å². The summed E-state index contributed by atoms with van der Waals surface area (Å²) in [5, 5.41) is 11.7. The summed E-state index contributed by atoms with van der Waals surface area (Å²) in [6.45, 7) is 2.35. The van der Waals surface area contributed by atoms with Gasteiger partial charge in [-0.05, 0) is 37.3 Å². The van der Waals surface area contributed by atoms with E-state index in [0.717, 1.165) is 43.6 Å². The Hall–Kier alpha value is -1.68. The molecule has 1 saturated heterocycles. The molecule has 1 aliphatic heterocycles. The second-order valence-corrected chi connectivity index (χ2v) is 7.98. The van der Waals surface area contributed by atoms with E-state index in [9.17, 15) is 9.90 Å². The number of fused-ring (bicyclic) bond motifs is 1. The smallest absolute Gasteiger partial charge is 0.167 e. The normalized spacial score (nSPS) is 22.8. The van der Waals surface area contributed by atoms with E-state index in [4.69, 9.17) is 11.6 Å². The first-order valence-electron chi connectivity index (χ1n) is 9.39. The van der Waals surface area contributed by atoms with Gasteiger partial charge in [-0.1, -0.05) is 54.1 Å². The van der Waals surface area contributed by atoms with E-state index in [2.05, 4.69) is 11.0 Å². The van der Waals surface area contributed by atoms with Gasteiger partial charge in [0, 0.05) is 41.7 Å². The SMILES string of the molecule is O=C1c2ccccc2CCC1CN1CCC(O)(c2ccccc2Cl)CC1. The molecule has 0 aromatic heterocycles. The fourth-order valence-electron chi connectivity index (χ4n) is 4.36. The molecule has 0 bridgehead atoms. The van der Waals surface area contributed by atoms with E-state index in [0.29, 0.717) is 17.9 Å². The Morgan fingerprint density at radius 1 is 1.08 bits per heavy atom.